The van der Waals surface area contributed by atoms with Crippen LogP contribution in [0.15, 0.2) is 43.0 Å². The Labute approximate surface area is 204 Å². The zero-order chi connectivity index (χ0) is 26.6. The third-order valence-corrected chi connectivity index (χ3v) is 4.37. The lowest BCUT2D eigenvalue weighted by atomic mass is 10.0. The van der Waals surface area contributed by atoms with Gasteiger partial charge in [0, 0.05) is 24.9 Å². The number of methoxy groups -OCH3 is 2. The lowest BCUT2D eigenvalue weighted by Gasteiger charge is -2.23. The number of rotatable bonds is 9. The van der Waals surface area contributed by atoms with Crippen LogP contribution in [0.5, 0.6) is 5.88 Å². The van der Waals surface area contributed by atoms with E-state index < -0.39 is 22.7 Å². The van der Waals surface area contributed by atoms with Gasteiger partial charge in [-0.15, -0.1) is 6.58 Å². The first-order valence-corrected chi connectivity index (χ1v) is 10.6. The summed E-state index contributed by atoms with van der Waals surface area (Å²) in [5.41, 5.74) is 1.30. The van der Waals surface area contributed by atoms with E-state index in [1.807, 2.05) is 0 Å². The number of anilines is 1. The van der Waals surface area contributed by atoms with Crippen molar-refractivity contribution < 1.29 is 28.7 Å². The maximum Gasteiger partial charge on any atom is 0.408 e. The zero-order valence-corrected chi connectivity index (χ0v) is 20.8. The van der Waals surface area contributed by atoms with Gasteiger partial charge in [0.25, 0.3) is 12.2 Å². The summed E-state index contributed by atoms with van der Waals surface area (Å²) < 4.78 is 14.5. The molecular formula is C24H32N4O7. The molecule has 0 saturated heterocycles. The molecule has 0 aliphatic carbocycles. The lowest BCUT2D eigenvalue weighted by Crippen LogP contribution is -2.35. The van der Waals surface area contributed by atoms with Gasteiger partial charge in [-0.05, 0) is 51.0 Å². The van der Waals surface area contributed by atoms with Crippen molar-refractivity contribution in [3.8, 4) is 17.0 Å². The van der Waals surface area contributed by atoms with Gasteiger partial charge in [0.2, 0.25) is 5.88 Å². The minimum absolute atomic E-state index is 0.0635. The van der Waals surface area contributed by atoms with E-state index in [-0.39, 0.29) is 11.6 Å². The Morgan fingerprint density at radius 3 is 2.40 bits per heavy atom. The van der Waals surface area contributed by atoms with Crippen molar-refractivity contribution in [1.29, 1.82) is 0 Å². The predicted molar refractivity (Wildman–Crippen MR) is 132 cm³/mol. The minimum Gasteiger partial charge on any atom is -0.481 e. The molecule has 0 fully saturated rings. The number of hydrogen-bond acceptors (Lipinski definition) is 9. The Morgan fingerprint density at radius 1 is 1.26 bits per heavy atom. The van der Waals surface area contributed by atoms with E-state index in [2.05, 4.69) is 26.9 Å². The smallest absolute Gasteiger partial charge is 0.408 e. The van der Waals surface area contributed by atoms with Crippen molar-refractivity contribution in [2.75, 3.05) is 26.6 Å². The van der Waals surface area contributed by atoms with E-state index in [9.17, 15) is 14.9 Å². The monoisotopic (exact) mass is 488 g/mol. The number of carbonyl (C=O) groups is 2. The van der Waals surface area contributed by atoms with Crippen molar-refractivity contribution in [2.45, 2.75) is 38.8 Å². The van der Waals surface area contributed by atoms with E-state index in [0.717, 1.165) is 0 Å². The Hall–Kier alpha value is -4.15. The maximum absolute atomic E-state index is 12.3. The van der Waals surface area contributed by atoms with Gasteiger partial charge in [0.05, 0.1) is 36.4 Å². The molecule has 1 aromatic heterocycles. The summed E-state index contributed by atoms with van der Waals surface area (Å²) in [6.45, 7) is 9.42. The molecule has 0 spiro atoms. The molecule has 1 aromatic carbocycles. The lowest BCUT2D eigenvalue weighted by molar-refractivity contribution is -0.384. The molecule has 35 heavy (non-hydrogen) atoms. The molecule has 2 rings (SSSR count). The Morgan fingerprint density at radius 2 is 1.91 bits per heavy atom. The van der Waals surface area contributed by atoms with E-state index in [4.69, 9.17) is 14.3 Å². The van der Waals surface area contributed by atoms with Crippen molar-refractivity contribution >= 4 is 23.9 Å². The highest BCUT2D eigenvalue weighted by molar-refractivity contribution is 5.77. The maximum atomic E-state index is 12.3. The first kappa shape index (κ1) is 28.9. The summed E-state index contributed by atoms with van der Waals surface area (Å²) in [6, 6.07) is 7.61. The number of benzene rings is 1. The van der Waals surface area contributed by atoms with Gasteiger partial charge >= 0.3 is 6.09 Å². The van der Waals surface area contributed by atoms with Crippen molar-refractivity contribution in [3.63, 3.8) is 0 Å². The van der Waals surface area contributed by atoms with E-state index in [1.54, 1.807) is 58.2 Å². The summed E-state index contributed by atoms with van der Waals surface area (Å²) in [4.78, 5) is 36.9. The van der Waals surface area contributed by atoms with Crippen LogP contribution in [0, 0.1) is 10.1 Å². The molecule has 1 amide bonds. The molecule has 2 N–H and O–H groups in total. The van der Waals surface area contributed by atoms with Gasteiger partial charge in [-0.25, -0.2) is 9.78 Å². The molecule has 11 nitrogen and oxygen atoms in total. The molecule has 0 aliphatic rings. The minimum atomic E-state index is -0.661. The summed E-state index contributed by atoms with van der Waals surface area (Å²) in [5, 5.41) is 17.3. The number of nitrogens with one attached hydrogen (secondary N) is 2. The number of aromatic nitrogens is 1. The van der Waals surface area contributed by atoms with Crippen molar-refractivity contribution in [2.24, 2.45) is 0 Å². The van der Waals surface area contributed by atoms with E-state index in [0.29, 0.717) is 35.4 Å². The Balaban J connectivity index is 0.00000142. The highest BCUT2D eigenvalue weighted by Gasteiger charge is 2.23. The topological polar surface area (TPSA) is 142 Å². The SMILES string of the molecule is C=CCC(NC(=O)OC(C)(C)C)c1cc(-c2ccc(NC)cc2[N+](=O)[O-])cc(OC)n1.COC=O. The fourth-order valence-corrected chi connectivity index (χ4v) is 2.92. The number of ether oxygens (including phenoxy) is 3. The number of nitrogens with zero attached hydrogens (tertiary/aromatic N) is 2. The number of amides is 1. The highest BCUT2D eigenvalue weighted by Crippen LogP contribution is 2.35. The largest absolute Gasteiger partial charge is 0.481 e. The van der Waals surface area contributed by atoms with Crippen molar-refractivity contribution in [3.05, 3.63) is 58.8 Å². The van der Waals surface area contributed by atoms with Gasteiger partial charge in [0.15, 0.2) is 0 Å². The predicted octanol–water partition coefficient (Wildman–Crippen LogP) is 4.64. The van der Waals surface area contributed by atoms with Gasteiger partial charge in [0.1, 0.15) is 5.60 Å². The van der Waals surface area contributed by atoms with Crippen molar-refractivity contribution in [1.82, 2.24) is 10.3 Å². The van der Waals surface area contributed by atoms with Gasteiger partial charge in [-0.1, -0.05) is 6.08 Å². The Bertz CT molecular complexity index is 1040. The Kier molecular flexibility index (Phi) is 11.2. The standard InChI is InChI=1S/C22H28N4O5.C2H4O2/c1-7-8-17(25-21(27)31-22(2,3)4)18-11-14(12-20(24-18)30-6)16-10-9-15(23-5)13-19(16)26(28)29;1-4-2-3/h7,9-13,17,23H,1,8H2,2-6H3,(H,25,27);2H,1H3. The van der Waals surface area contributed by atoms with Crippen LogP contribution in [0.3, 0.4) is 0 Å². The second-order valence-electron chi connectivity index (χ2n) is 8.12. The summed E-state index contributed by atoms with van der Waals surface area (Å²) in [7, 11) is 4.46. The first-order valence-electron chi connectivity index (χ1n) is 10.6. The summed E-state index contributed by atoms with van der Waals surface area (Å²) in [6.07, 6.45) is 1.42. The van der Waals surface area contributed by atoms with Crippen LogP contribution in [-0.4, -0.2) is 49.3 Å². The third-order valence-electron chi connectivity index (χ3n) is 4.37. The zero-order valence-electron chi connectivity index (χ0n) is 20.8. The fourth-order valence-electron chi connectivity index (χ4n) is 2.92. The van der Waals surface area contributed by atoms with Crippen LogP contribution in [-0.2, 0) is 14.3 Å². The average molecular weight is 489 g/mol. The van der Waals surface area contributed by atoms with Gasteiger partial charge < -0.3 is 24.8 Å². The number of pyridine rings is 1. The third kappa shape index (κ3) is 9.32. The van der Waals surface area contributed by atoms with Gasteiger partial charge in [-0.2, -0.15) is 0 Å². The molecule has 1 heterocycles. The normalized spacial score (nSPS) is 11.1. The molecule has 0 saturated carbocycles. The van der Waals surface area contributed by atoms with Crippen LogP contribution in [0.1, 0.15) is 38.9 Å². The number of alkyl carbamates (subject to hydrolysis) is 1. The molecule has 0 aliphatic heterocycles. The first-order chi connectivity index (χ1) is 16.5. The number of carbonyl (C=O) groups excluding carboxylic acids is 2. The molecule has 1 unspecified atom stereocenters. The summed E-state index contributed by atoms with van der Waals surface area (Å²) >= 11 is 0. The molecule has 1 atom stereocenters. The summed E-state index contributed by atoms with van der Waals surface area (Å²) in [5.74, 6) is 0.263. The molecule has 11 heteroatoms. The average Bonchev–Trinajstić information content (AvgIpc) is 2.81. The van der Waals surface area contributed by atoms with Crippen LogP contribution in [0.25, 0.3) is 11.1 Å². The molecular weight excluding hydrogens is 456 g/mol. The van der Waals surface area contributed by atoms with Crippen LogP contribution < -0.4 is 15.4 Å². The molecule has 2 aromatic rings. The molecule has 190 valence electrons. The van der Waals surface area contributed by atoms with Crippen LogP contribution in [0.2, 0.25) is 0 Å². The second kappa shape index (κ2) is 13.5. The number of nitro benzene ring substituents is 1. The van der Waals surface area contributed by atoms with Crippen LogP contribution >= 0.6 is 0 Å². The van der Waals surface area contributed by atoms with E-state index in [1.165, 1.54) is 20.3 Å². The van der Waals surface area contributed by atoms with E-state index >= 15 is 0 Å². The van der Waals surface area contributed by atoms with Crippen LogP contribution in [0.4, 0.5) is 16.2 Å². The second-order valence-corrected chi connectivity index (χ2v) is 8.12. The molecule has 0 bridgehead atoms. The number of nitro groups is 1. The number of hydrogen-bond donors (Lipinski definition) is 2. The fraction of sp³-hybridized carbons (Fsp3) is 0.375. The van der Waals surface area contributed by atoms with Gasteiger partial charge in [-0.3, -0.25) is 14.9 Å². The quantitative estimate of drug-likeness (QED) is 0.223. The molecule has 0 radical (unpaired) electrons. The highest BCUT2D eigenvalue weighted by atomic mass is 16.6.